The number of urea groups is 1. The van der Waals surface area contributed by atoms with Crippen LogP contribution in [0.2, 0.25) is 0 Å². The number of nitrogens with zero attached hydrogens (tertiary/aromatic N) is 1. The fourth-order valence-corrected chi connectivity index (χ4v) is 3.25. The molecule has 0 saturated heterocycles. The molecule has 1 atom stereocenters. The van der Waals surface area contributed by atoms with E-state index in [2.05, 4.69) is 5.32 Å². The van der Waals surface area contributed by atoms with Crippen molar-refractivity contribution >= 4 is 11.7 Å². The van der Waals surface area contributed by atoms with E-state index in [1.54, 1.807) is 0 Å². The number of anilines is 1. The van der Waals surface area contributed by atoms with Crippen LogP contribution in [0.1, 0.15) is 24.1 Å². The van der Waals surface area contributed by atoms with Crippen LogP contribution in [-0.2, 0) is 6.54 Å². The molecule has 0 bridgehead atoms. The van der Waals surface area contributed by atoms with Crippen LogP contribution in [0.3, 0.4) is 0 Å². The van der Waals surface area contributed by atoms with Crippen molar-refractivity contribution < 1.29 is 14.3 Å². The summed E-state index contributed by atoms with van der Waals surface area (Å²) in [4.78, 5) is 14.9. The van der Waals surface area contributed by atoms with Crippen molar-refractivity contribution in [1.82, 2.24) is 4.90 Å². The summed E-state index contributed by atoms with van der Waals surface area (Å²) in [5.41, 5.74) is 2.82. The average Bonchev–Trinajstić information content (AvgIpc) is 3.21. The topological polar surface area (TPSA) is 50.8 Å². The molecule has 3 aromatic carbocycles. The van der Waals surface area contributed by atoms with Gasteiger partial charge in [0.25, 0.3) is 0 Å². The van der Waals surface area contributed by atoms with Gasteiger partial charge in [-0.25, -0.2) is 4.79 Å². The molecule has 142 valence electrons. The Bertz CT molecular complexity index is 945. The Hall–Kier alpha value is -3.47. The molecule has 1 N–H and O–H groups in total. The highest BCUT2D eigenvalue weighted by atomic mass is 16.7. The summed E-state index contributed by atoms with van der Waals surface area (Å²) in [6.45, 7) is 2.72. The van der Waals surface area contributed by atoms with Crippen molar-refractivity contribution in [3.8, 4) is 11.5 Å². The first-order valence-electron chi connectivity index (χ1n) is 9.27. The van der Waals surface area contributed by atoms with Crippen molar-refractivity contribution in [2.75, 3.05) is 12.1 Å². The molecule has 0 saturated carbocycles. The van der Waals surface area contributed by atoms with E-state index in [9.17, 15) is 4.79 Å². The van der Waals surface area contributed by atoms with Gasteiger partial charge in [-0.05, 0) is 42.3 Å². The van der Waals surface area contributed by atoms with Gasteiger partial charge < -0.3 is 19.7 Å². The molecule has 28 heavy (non-hydrogen) atoms. The number of ether oxygens (including phenoxy) is 2. The van der Waals surface area contributed by atoms with E-state index in [4.69, 9.17) is 9.47 Å². The lowest BCUT2D eigenvalue weighted by Crippen LogP contribution is -2.36. The normalized spacial score (nSPS) is 13.0. The molecule has 2 amide bonds. The Morgan fingerprint density at radius 1 is 0.964 bits per heavy atom. The Morgan fingerprint density at radius 3 is 2.39 bits per heavy atom. The van der Waals surface area contributed by atoms with Gasteiger partial charge in [-0.15, -0.1) is 0 Å². The van der Waals surface area contributed by atoms with Gasteiger partial charge in [-0.2, -0.15) is 0 Å². The number of hydrogen-bond acceptors (Lipinski definition) is 3. The summed E-state index contributed by atoms with van der Waals surface area (Å²) in [5, 5.41) is 3.00. The maximum absolute atomic E-state index is 13.1. The zero-order chi connectivity index (χ0) is 19.3. The van der Waals surface area contributed by atoms with Crippen molar-refractivity contribution in [1.29, 1.82) is 0 Å². The predicted molar refractivity (Wildman–Crippen MR) is 108 cm³/mol. The van der Waals surface area contributed by atoms with Crippen LogP contribution < -0.4 is 14.8 Å². The minimum Gasteiger partial charge on any atom is -0.454 e. The van der Waals surface area contributed by atoms with Crippen LogP contribution >= 0.6 is 0 Å². The van der Waals surface area contributed by atoms with Gasteiger partial charge in [0.15, 0.2) is 11.5 Å². The number of benzene rings is 3. The summed E-state index contributed by atoms with van der Waals surface area (Å²) in [6.07, 6.45) is 0. The first kappa shape index (κ1) is 17.9. The number of nitrogens with one attached hydrogen (secondary N) is 1. The lowest BCUT2D eigenvalue weighted by atomic mass is 10.1. The molecule has 5 heteroatoms. The summed E-state index contributed by atoms with van der Waals surface area (Å²) >= 11 is 0. The second-order valence-corrected chi connectivity index (χ2v) is 6.70. The van der Waals surface area contributed by atoms with Crippen LogP contribution in [0.25, 0.3) is 0 Å². The third-order valence-electron chi connectivity index (χ3n) is 4.83. The molecular weight excluding hydrogens is 352 g/mol. The highest BCUT2D eigenvalue weighted by Gasteiger charge is 2.23. The molecule has 4 rings (SSSR count). The highest BCUT2D eigenvalue weighted by molar-refractivity contribution is 5.89. The second kappa shape index (κ2) is 8.05. The van der Waals surface area contributed by atoms with Crippen molar-refractivity contribution in [3.63, 3.8) is 0 Å². The Morgan fingerprint density at radius 2 is 1.64 bits per heavy atom. The molecule has 5 nitrogen and oxygen atoms in total. The van der Waals surface area contributed by atoms with Crippen LogP contribution in [0.15, 0.2) is 78.9 Å². The van der Waals surface area contributed by atoms with E-state index in [1.165, 1.54) is 0 Å². The molecule has 0 radical (unpaired) electrons. The zero-order valence-electron chi connectivity index (χ0n) is 15.7. The zero-order valence-corrected chi connectivity index (χ0v) is 15.7. The van der Waals surface area contributed by atoms with E-state index in [-0.39, 0.29) is 18.9 Å². The number of carbonyl (C=O) groups is 1. The lowest BCUT2D eigenvalue weighted by Gasteiger charge is -2.30. The second-order valence-electron chi connectivity index (χ2n) is 6.70. The fourth-order valence-electron chi connectivity index (χ4n) is 3.25. The molecule has 1 heterocycles. The first-order valence-corrected chi connectivity index (χ1v) is 9.27. The minimum absolute atomic E-state index is 0.102. The number of para-hydroxylation sites is 1. The van der Waals surface area contributed by atoms with Gasteiger partial charge in [0.1, 0.15) is 0 Å². The Kier molecular flexibility index (Phi) is 5.15. The van der Waals surface area contributed by atoms with Gasteiger partial charge in [-0.3, -0.25) is 0 Å². The SMILES string of the molecule is CC(c1ccccc1)N(Cc1ccc2c(c1)OCO2)C(=O)Nc1ccccc1. The quantitative estimate of drug-likeness (QED) is 0.667. The van der Waals surface area contributed by atoms with E-state index in [0.717, 1.165) is 22.6 Å². The van der Waals surface area contributed by atoms with Gasteiger partial charge in [0.05, 0.1) is 6.04 Å². The largest absolute Gasteiger partial charge is 0.454 e. The lowest BCUT2D eigenvalue weighted by molar-refractivity contribution is 0.173. The van der Waals surface area contributed by atoms with E-state index < -0.39 is 0 Å². The Balaban J connectivity index is 1.60. The van der Waals surface area contributed by atoms with Gasteiger partial charge >= 0.3 is 6.03 Å². The standard InChI is InChI=1S/C23H22N2O3/c1-17(19-8-4-2-5-9-19)25(23(26)24-20-10-6-3-7-11-20)15-18-12-13-21-22(14-18)28-16-27-21/h2-14,17H,15-16H2,1H3,(H,24,26). The summed E-state index contributed by atoms with van der Waals surface area (Å²) in [7, 11) is 0. The third kappa shape index (κ3) is 3.93. The van der Waals surface area contributed by atoms with Crippen molar-refractivity contribution in [2.24, 2.45) is 0 Å². The van der Waals surface area contributed by atoms with Crippen molar-refractivity contribution in [3.05, 3.63) is 90.0 Å². The smallest absolute Gasteiger partial charge is 0.322 e. The fraction of sp³-hybridized carbons (Fsp3) is 0.174. The number of fused-ring (bicyclic) bond motifs is 1. The molecule has 1 aliphatic rings. The number of hydrogen-bond donors (Lipinski definition) is 1. The molecule has 0 aliphatic carbocycles. The van der Waals surface area contributed by atoms with Gasteiger partial charge in [0, 0.05) is 12.2 Å². The molecular formula is C23H22N2O3. The maximum atomic E-state index is 13.1. The predicted octanol–water partition coefficient (Wildman–Crippen LogP) is 5.21. The van der Waals surface area contributed by atoms with E-state index in [1.807, 2.05) is 90.7 Å². The van der Waals surface area contributed by atoms with Crippen LogP contribution in [0.5, 0.6) is 11.5 Å². The monoisotopic (exact) mass is 374 g/mol. The van der Waals surface area contributed by atoms with Crippen LogP contribution in [0.4, 0.5) is 10.5 Å². The molecule has 0 fully saturated rings. The van der Waals surface area contributed by atoms with Gasteiger partial charge in [0.2, 0.25) is 6.79 Å². The van der Waals surface area contributed by atoms with Gasteiger partial charge in [-0.1, -0.05) is 54.6 Å². The summed E-state index contributed by atoms with van der Waals surface area (Å²) < 4.78 is 10.9. The molecule has 0 aromatic heterocycles. The Labute approximate surface area is 164 Å². The molecule has 0 spiro atoms. The van der Waals surface area contributed by atoms with E-state index in [0.29, 0.717) is 12.3 Å². The third-order valence-corrected chi connectivity index (χ3v) is 4.83. The van der Waals surface area contributed by atoms with Crippen LogP contribution in [-0.4, -0.2) is 17.7 Å². The minimum atomic E-state index is -0.153. The first-order chi connectivity index (χ1) is 13.7. The molecule has 1 unspecified atom stereocenters. The number of amides is 2. The summed E-state index contributed by atoms with van der Waals surface area (Å²) in [5.74, 6) is 1.45. The number of rotatable bonds is 5. The average molecular weight is 374 g/mol. The number of carbonyl (C=O) groups excluding carboxylic acids is 1. The molecule has 3 aromatic rings. The maximum Gasteiger partial charge on any atom is 0.322 e. The highest BCUT2D eigenvalue weighted by Crippen LogP contribution is 2.33. The van der Waals surface area contributed by atoms with E-state index >= 15 is 0 Å². The molecule has 1 aliphatic heterocycles. The van der Waals surface area contributed by atoms with Crippen molar-refractivity contribution in [2.45, 2.75) is 19.5 Å². The van der Waals surface area contributed by atoms with Crippen LogP contribution in [0, 0.1) is 0 Å². The summed E-state index contributed by atoms with van der Waals surface area (Å²) in [6, 6.07) is 25.0.